The van der Waals surface area contributed by atoms with E-state index in [0.717, 1.165) is 11.3 Å². The predicted octanol–water partition coefficient (Wildman–Crippen LogP) is 4.42. The molecule has 0 aliphatic heterocycles. The number of nitrogens with one attached hydrogen (secondary N) is 1. The highest BCUT2D eigenvalue weighted by molar-refractivity contribution is 6.05. The Kier molecular flexibility index (Phi) is 4.74. The van der Waals surface area contributed by atoms with Gasteiger partial charge >= 0.3 is 0 Å². The van der Waals surface area contributed by atoms with Crippen LogP contribution in [0.1, 0.15) is 48.4 Å². The molecule has 0 saturated heterocycles. The molecule has 0 aliphatic carbocycles. The summed E-state index contributed by atoms with van der Waals surface area (Å²) in [5.74, 6) is 0.825. The maximum atomic E-state index is 12.9. The number of benzene rings is 1. The Hall–Kier alpha value is -2.82. The first-order valence-corrected chi connectivity index (χ1v) is 8.53. The average molecular weight is 337 g/mol. The number of pyridine rings is 1. The van der Waals surface area contributed by atoms with Crippen LogP contribution in [0.4, 0.5) is 5.69 Å². The number of rotatable bonds is 5. The van der Waals surface area contributed by atoms with Gasteiger partial charge in [-0.25, -0.2) is 4.98 Å². The van der Waals surface area contributed by atoms with E-state index in [-0.39, 0.29) is 5.91 Å². The second-order valence-electron chi connectivity index (χ2n) is 6.24. The fourth-order valence-electron chi connectivity index (χ4n) is 2.99. The van der Waals surface area contributed by atoms with E-state index in [2.05, 4.69) is 24.1 Å². The summed E-state index contributed by atoms with van der Waals surface area (Å²) in [5.41, 5.74) is 3.79. The number of fused-ring (bicyclic) bond motifs is 1. The largest absolute Gasteiger partial charge is 0.490 e. The average Bonchev–Trinajstić information content (AvgIpc) is 2.92. The number of ether oxygens (including phenoxy) is 1. The number of hydrogen-bond donors (Lipinski definition) is 1. The van der Waals surface area contributed by atoms with Gasteiger partial charge in [-0.15, -0.1) is 0 Å². The number of carbonyl (C=O) groups is 1. The van der Waals surface area contributed by atoms with Crippen molar-refractivity contribution in [3.63, 3.8) is 0 Å². The Bertz CT molecular complexity index is 912. The van der Waals surface area contributed by atoms with Gasteiger partial charge in [0.2, 0.25) is 0 Å². The van der Waals surface area contributed by atoms with Crippen molar-refractivity contribution in [2.45, 2.75) is 33.6 Å². The van der Waals surface area contributed by atoms with Crippen LogP contribution < -0.4 is 10.1 Å². The molecule has 0 atom stereocenters. The number of imidazole rings is 1. The molecule has 3 rings (SSSR count). The molecule has 5 heteroatoms. The van der Waals surface area contributed by atoms with Gasteiger partial charge in [-0.3, -0.25) is 9.20 Å². The molecule has 0 bridgehead atoms. The number of nitrogens with zero attached hydrogens (tertiary/aromatic N) is 2. The highest BCUT2D eigenvalue weighted by Crippen LogP contribution is 2.26. The lowest BCUT2D eigenvalue weighted by Gasteiger charge is -2.14. The topological polar surface area (TPSA) is 55.6 Å². The van der Waals surface area contributed by atoms with Crippen molar-refractivity contribution < 1.29 is 9.53 Å². The van der Waals surface area contributed by atoms with Crippen LogP contribution in [0.25, 0.3) is 5.65 Å². The maximum Gasteiger partial charge on any atom is 0.274 e. The highest BCUT2D eigenvalue weighted by atomic mass is 16.5. The van der Waals surface area contributed by atoms with E-state index in [1.165, 1.54) is 0 Å². The first-order valence-electron chi connectivity index (χ1n) is 8.53. The normalized spacial score (nSPS) is 11.1. The molecule has 1 aromatic carbocycles. The third kappa shape index (κ3) is 3.22. The number of para-hydroxylation sites is 1. The van der Waals surface area contributed by atoms with Gasteiger partial charge in [0.25, 0.3) is 5.91 Å². The molecule has 25 heavy (non-hydrogen) atoms. The van der Waals surface area contributed by atoms with Crippen LogP contribution in [-0.4, -0.2) is 21.9 Å². The number of aromatic nitrogens is 2. The van der Waals surface area contributed by atoms with E-state index in [1.54, 1.807) is 4.40 Å². The monoisotopic (exact) mass is 337 g/mol. The van der Waals surface area contributed by atoms with Crippen LogP contribution in [0.5, 0.6) is 5.75 Å². The van der Waals surface area contributed by atoms with Gasteiger partial charge in [-0.2, -0.15) is 0 Å². The van der Waals surface area contributed by atoms with Crippen molar-refractivity contribution in [3.8, 4) is 5.75 Å². The minimum absolute atomic E-state index is 0.174. The first kappa shape index (κ1) is 17.0. The molecule has 0 radical (unpaired) electrons. The minimum atomic E-state index is -0.174. The van der Waals surface area contributed by atoms with E-state index in [9.17, 15) is 4.79 Å². The third-order valence-electron chi connectivity index (χ3n) is 4.13. The fourth-order valence-corrected chi connectivity index (χ4v) is 2.99. The van der Waals surface area contributed by atoms with Crippen molar-refractivity contribution in [2.75, 3.05) is 11.9 Å². The summed E-state index contributed by atoms with van der Waals surface area (Å²) in [4.78, 5) is 17.5. The Morgan fingerprint density at radius 2 is 2.00 bits per heavy atom. The summed E-state index contributed by atoms with van der Waals surface area (Å²) in [7, 11) is 0. The quantitative estimate of drug-likeness (QED) is 0.750. The van der Waals surface area contributed by atoms with Crippen LogP contribution in [0, 0.1) is 6.92 Å². The van der Waals surface area contributed by atoms with E-state index in [1.807, 2.05) is 56.4 Å². The van der Waals surface area contributed by atoms with E-state index >= 15 is 0 Å². The molecule has 0 spiro atoms. The molecule has 5 nitrogen and oxygen atoms in total. The molecule has 2 aromatic heterocycles. The van der Waals surface area contributed by atoms with Crippen molar-refractivity contribution in [3.05, 3.63) is 59.5 Å². The van der Waals surface area contributed by atoms with Gasteiger partial charge in [0, 0.05) is 11.9 Å². The Morgan fingerprint density at radius 3 is 2.72 bits per heavy atom. The van der Waals surface area contributed by atoms with Gasteiger partial charge in [-0.05, 0) is 43.5 Å². The third-order valence-corrected chi connectivity index (χ3v) is 4.13. The van der Waals surface area contributed by atoms with Crippen LogP contribution >= 0.6 is 0 Å². The van der Waals surface area contributed by atoms with Gasteiger partial charge in [0.05, 0.1) is 12.3 Å². The first-order chi connectivity index (χ1) is 12.0. The summed E-state index contributed by atoms with van der Waals surface area (Å²) in [5, 5.41) is 3.04. The summed E-state index contributed by atoms with van der Waals surface area (Å²) in [6.07, 6.45) is 1.83. The summed E-state index contributed by atoms with van der Waals surface area (Å²) < 4.78 is 7.41. The zero-order chi connectivity index (χ0) is 18.0. The lowest BCUT2D eigenvalue weighted by Crippen LogP contribution is -2.17. The molecule has 0 saturated carbocycles. The number of amides is 1. The SMILES string of the molecule is CCOc1cccn2c(C(=O)Nc3ccccc3C(C)C)c(C)nc12. The van der Waals surface area contributed by atoms with Gasteiger partial charge in [0.1, 0.15) is 5.69 Å². The van der Waals surface area contributed by atoms with Gasteiger partial charge in [0.15, 0.2) is 11.4 Å². The van der Waals surface area contributed by atoms with Crippen molar-refractivity contribution in [2.24, 2.45) is 0 Å². The lowest BCUT2D eigenvalue weighted by atomic mass is 10.0. The van der Waals surface area contributed by atoms with Crippen molar-refractivity contribution >= 4 is 17.2 Å². The van der Waals surface area contributed by atoms with Crippen LogP contribution in [0.2, 0.25) is 0 Å². The molecule has 3 aromatic rings. The molecule has 2 heterocycles. The van der Waals surface area contributed by atoms with Crippen LogP contribution in [0.3, 0.4) is 0 Å². The predicted molar refractivity (Wildman–Crippen MR) is 99.6 cm³/mol. The summed E-state index contributed by atoms with van der Waals surface area (Å²) >= 11 is 0. The number of carbonyl (C=O) groups excluding carboxylic acids is 1. The van der Waals surface area contributed by atoms with Crippen LogP contribution in [-0.2, 0) is 0 Å². The standard InChI is InChI=1S/C20H23N3O2/c1-5-25-17-11-8-12-23-18(14(4)21-19(17)23)20(24)22-16-10-7-6-9-15(16)13(2)3/h6-13H,5H2,1-4H3,(H,22,24). The minimum Gasteiger partial charge on any atom is -0.490 e. The van der Waals surface area contributed by atoms with Gasteiger partial charge < -0.3 is 10.1 Å². The molecule has 1 N–H and O–H groups in total. The summed E-state index contributed by atoms with van der Waals surface area (Å²) in [6.45, 7) is 8.54. The highest BCUT2D eigenvalue weighted by Gasteiger charge is 2.20. The zero-order valence-electron chi connectivity index (χ0n) is 15.0. The van der Waals surface area contributed by atoms with E-state index in [0.29, 0.717) is 35.3 Å². The molecule has 1 amide bonds. The molecule has 0 unspecified atom stereocenters. The Morgan fingerprint density at radius 1 is 1.24 bits per heavy atom. The second-order valence-corrected chi connectivity index (χ2v) is 6.24. The number of anilines is 1. The Labute approximate surface area is 147 Å². The zero-order valence-corrected chi connectivity index (χ0v) is 15.0. The van der Waals surface area contributed by atoms with Crippen LogP contribution in [0.15, 0.2) is 42.6 Å². The number of hydrogen-bond acceptors (Lipinski definition) is 3. The Balaban J connectivity index is 2.01. The lowest BCUT2D eigenvalue weighted by molar-refractivity contribution is 0.102. The van der Waals surface area contributed by atoms with E-state index in [4.69, 9.17) is 4.74 Å². The molecule has 0 aliphatic rings. The number of aryl methyl sites for hydroxylation is 1. The molecular weight excluding hydrogens is 314 g/mol. The summed E-state index contributed by atoms with van der Waals surface area (Å²) in [6, 6.07) is 11.6. The molecule has 130 valence electrons. The fraction of sp³-hybridized carbons (Fsp3) is 0.300. The van der Waals surface area contributed by atoms with Crippen molar-refractivity contribution in [1.29, 1.82) is 0 Å². The van der Waals surface area contributed by atoms with Crippen molar-refractivity contribution in [1.82, 2.24) is 9.38 Å². The van der Waals surface area contributed by atoms with Gasteiger partial charge in [-0.1, -0.05) is 32.0 Å². The second kappa shape index (κ2) is 6.97. The smallest absolute Gasteiger partial charge is 0.274 e. The molecule has 0 fully saturated rings. The van der Waals surface area contributed by atoms with E-state index < -0.39 is 0 Å². The molecular formula is C20H23N3O2. The maximum absolute atomic E-state index is 12.9.